The van der Waals surface area contributed by atoms with E-state index in [1.165, 1.54) is 0 Å². The minimum atomic E-state index is 0.495. The van der Waals surface area contributed by atoms with Crippen LogP contribution in [0.25, 0.3) is 0 Å². The summed E-state index contributed by atoms with van der Waals surface area (Å²) in [4.78, 5) is 4.58. The van der Waals surface area contributed by atoms with E-state index < -0.39 is 0 Å². The Morgan fingerprint density at radius 1 is 1.53 bits per heavy atom. The van der Waals surface area contributed by atoms with Crippen molar-refractivity contribution in [1.82, 2.24) is 20.1 Å². The van der Waals surface area contributed by atoms with Gasteiger partial charge in [-0.15, -0.1) is 11.3 Å². The number of nitrogens with one attached hydrogen (secondary N) is 1. The zero-order valence-corrected chi connectivity index (χ0v) is 12.8. The molecule has 0 aromatic carbocycles. The lowest BCUT2D eigenvalue weighted by Crippen LogP contribution is -2.21. The molecule has 0 amide bonds. The molecule has 1 N–H and O–H groups in total. The Morgan fingerprint density at radius 2 is 2.35 bits per heavy atom. The normalized spacial score (nSPS) is 11.3. The first kappa shape index (κ1) is 13.0. The molecule has 0 spiro atoms. The lowest BCUT2D eigenvalue weighted by molar-refractivity contribution is 0.585. The SMILES string of the molecule is CC(C)NCc1nc(Cn2cc(I)cn2)cs1. The number of aromatic nitrogens is 3. The summed E-state index contributed by atoms with van der Waals surface area (Å²) >= 11 is 3.96. The maximum atomic E-state index is 4.58. The molecule has 4 nitrogen and oxygen atoms in total. The van der Waals surface area contributed by atoms with Gasteiger partial charge in [-0.2, -0.15) is 5.10 Å². The van der Waals surface area contributed by atoms with Crippen LogP contribution in [0.1, 0.15) is 24.5 Å². The smallest absolute Gasteiger partial charge is 0.107 e. The van der Waals surface area contributed by atoms with Crippen LogP contribution in [0, 0.1) is 3.57 Å². The molecule has 0 bridgehead atoms. The molecular formula is C11H15IN4S. The van der Waals surface area contributed by atoms with Crippen molar-refractivity contribution in [1.29, 1.82) is 0 Å². The van der Waals surface area contributed by atoms with Gasteiger partial charge < -0.3 is 5.32 Å². The molecule has 0 aliphatic rings. The molecule has 0 saturated carbocycles. The van der Waals surface area contributed by atoms with E-state index in [1.54, 1.807) is 11.3 Å². The summed E-state index contributed by atoms with van der Waals surface area (Å²) in [5.74, 6) is 0. The van der Waals surface area contributed by atoms with Crippen LogP contribution in [0.5, 0.6) is 0 Å². The number of nitrogens with zero attached hydrogens (tertiary/aromatic N) is 3. The molecule has 2 aromatic rings. The number of hydrogen-bond acceptors (Lipinski definition) is 4. The molecule has 0 fully saturated rings. The molecule has 2 heterocycles. The molecule has 0 unspecified atom stereocenters. The summed E-state index contributed by atoms with van der Waals surface area (Å²) in [7, 11) is 0. The van der Waals surface area contributed by atoms with Gasteiger partial charge in [0.1, 0.15) is 5.01 Å². The molecule has 0 radical (unpaired) electrons. The van der Waals surface area contributed by atoms with Crippen LogP contribution in [-0.2, 0) is 13.1 Å². The fourth-order valence-corrected chi connectivity index (χ4v) is 2.57. The Hall–Kier alpha value is -0.470. The maximum Gasteiger partial charge on any atom is 0.107 e. The number of rotatable bonds is 5. The predicted molar refractivity (Wildman–Crippen MR) is 78.1 cm³/mol. The van der Waals surface area contributed by atoms with Gasteiger partial charge in [0.2, 0.25) is 0 Å². The average Bonchev–Trinajstić information content (AvgIpc) is 2.86. The summed E-state index contributed by atoms with van der Waals surface area (Å²) in [6, 6.07) is 0.495. The van der Waals surface area contributed by atoms with Crippen molar-refractivity contribution >= 4 is 33.9 Å². The Balaban J connectivity index is 1.94. The van der Waals surface area contributed by atoms with Crippen LogP contribution < -0.4 is 5.32 Å². The Labute approximate surface area is 119 Å². The molecule has 0 saturated heterocycles. The zero-order valence-electron chi connectivity index (χ0n) is 9.85. The van der Waals surface area contributed by atoms with Gasteiger partial charge in [-0.1, -0.05) is 13.8 Å². The van der Waals surface area contributed by atoms with Gasteiger partial charge in [-0.3, -0.25) is 4.68 Å². The highest BCUT2D eigenvalue weighted by Gasteiger charge is 2.04. The monoisotopic (exact) mass is 362 g/mol. The third kappa shape index (κ3) is 4.04. The first-order valence-electron chi connectivity index (χ1n) is 5.48. The second-order valence-corrected chi connectivity index (χ2v) is 6.31. The van der Waals surface area contributed by atoms with Crippen molar-refractivity contribution < 1.29 is 0 Å². The third-order valence-electron chi connectivity index (χ3n) is 2.19. The number of hydrogen-bond donors (Lipinski definition) is 1. The van der Waals surface area contributed by atoms with E-state index in [-0.39, 0.29) is 0 Å². The maximum absolute atomic E-state index is 4.58. The molecule has 0 aliphatic heterocycles. The Bertz CT molecular complexity index is 477. The van der Waals surface area contributed by atoms with Gasteiger partial charge in [0.15, 0.2) is 0 Å². The zero-order chi connectivity index (χ0) is 12.3. The molecule has 2 rings (SSSR count). The van der Waals surface area contributed by atoms with Gasteiger partial charge in [0, 0.05) is 24.2 Å². The quantitative estimate of drug-likeness (QED) is 0.832. The van der Waals surface area contributed by atoms with Crippen LogP contribution in [0.4, 0.5) is 0 Å². The Morgan fingerprint density at radius 3 is 3.00 bits per heavy atom. The summed E-state index contributed by atoms with van der Waals surface area (Å²) in [5.41, 5.74) is 1.08. The fourth-order valence-electron chi connectivity index (χ4n) is 1.38. The molecular weight excluding hydrogens is 347 g/mol. The third-order valence-corrected chi connectivity index (χ3v) is 3.64. The lowest BCUT2D eigenvalue weighted by Gasteiger charge is -2.04. The molecule has 0 atom stereocenters. The minimum Gasteiger partial charge on any atom is -0.308 e. The highest BCUT2D eigenvalue weighted by molar-refractivity contribution is 14.1. The second-order valence-electron chi connectivity index (χ2n) is 4.12. The van der Waals surface area contributed by atoms with Gasteiger partial charge in [0.05, 0.1) is 22.0 Å². The molecule has 92 valence electrons. The summed E-state index contributed by atoms with van der Waals surface area (Å²) < 4.78 is 3.07. The van der Waals surface area contributed by atoms with E-state index in [9.17, 15) is 0 Å². The summed E-state index contributed by atoms with van der Waals surface area (Å²) in [6.45, 7) is 5.88. The van der Waals surface area contributed by atoms with E-state index >= 15 is 0 Å². The van der Waals surface area contributed by atoms with Gasteiger partial charge in [0.25, 0.3) is 0 Å². The summed E-state index contributed by atoms with van der Waals surface area (Å²) in [5, 5.41) is 10.9. The molecule has 17 heavy (non-hydrogen) atoms. The van der Waals surface area contributed by atoms with Gasteiger partial charge in [-0.05, 0) is 22.6 Å². The predicted octanol–water partition coefficient (Wildman–Crippen LogP) is 2.49. The topological polar surface area (TPSA) is 42.7 Å². The highest BCUT2D eigenvalue weighted by atomic mass is 127. The van der Waals surface area contributed by atoms with E-state index in [0.717, 1.165) is 27.4 Å². The van der Waals surface area contributed by atoms with Crippen LogP contribution in [0.3, 0.4) is 0 Å². The van der Waals surface area contributed by atoms with Crippen molar-refractivity contribution in [3.8, 4) is 0 Å². The van der Waals surface area contributed by atoms with Crippen LogP contribution >= 0.6 is 33.9 Å². The second kappa shape index (κ2) is 5.92. The molecule has 6 heteroatoms. The van der Waals surface area contributed by atoms with Crippen molar-refractivity contribution in [3.63, 3.8) is 0 Å². The summed E-state index contributed by atoms with van der Waals surface area (Å²) in [6.07, 6.45) is 3.88. The van der Waals surface area contributed by atoms with Crippen molar-refractivity contribution in [3.05, 3.63) is 32.0 Å². The number of thiazole rings is 1. The van der Waals surface area contributed by atoms with Crippen LogP contribution in [-0.4, -0.2) is 20.8 Å². The number of halogens is 1. The highest BCUT2D eigenvalue weighted by Crippen LogP contribution is 2.11. The van der Waals surface area contributed by atoms with E-state index in [1.807, 2.05) is 17.1 Å². The Kier molecular flexibility index (Phi) is 4.52. The largest absolute Gasteiger partial charge is 0.308 e. The van der Waals surface area contributed by atoms with Crippen LogP contribution in [0.15, 0.2) is 17.8 Å². The first-order valence-corrected chi connectivity index (χ1v) is 7.44. The standard InChI is InChI=1S/C11H15IN4S/c1-8(2)13-4-11-15-10(7-17-11)6-16-5-9(12)3-14-16/h3,5,7-8,13H,4,6H2,1-2H3. The van der Waals surface area contributed by atoms with Crippen LogP contribution in [0.2, 0.25) is 0 Å². The molecule has 2 aromatic heterocycles. The fraction of sp³-hybridized carbons (Fsp3) is 0.455. The van der Waals surface area contributed by atoms with Gasteiger partial charge >= 0.3 is 0 Å². The lowest BCUT2D eigenvalue weighted by atomic mass is 10.4. The van der Waals surface area contributed by atoms with Crippen molar-refractivity contribution in [2.75, 3.05) is 0 Å². The molecule has 0 aliphatic carbocycles. The van der Waals surface area contributed by atoms with Gasteiger partial charge in [-0.25, -0.2) is 4.98 Å². The van der Waals surface area contributed by atoms with E-state index in [4.69, 9.17) is 0 Å². The average molecular weight is 362 g/mol. The minimum absolute atomic E-state index is 0.495. The van der Waals surface area contributed by atoms with E-state index in [0.29, 0.717) is 6.04 Å². The van der Waals surface area contributed by atoms with Crippen molar-refractivity contribution in [2.45, 2.75) is 33.0 Å². The van der Waals surface area contributed by atoms with Crippen molar-refractivity contribution in [2.24, 2.45) is 0 Å². The van der Waals surface area contributed by atoms with E-state index in [2.05, 4.69) is 57.2 Å². The first-order chi connectivity index (χ1) is 8.13.